The molecule has 282 valence electrons. The molecule has 0 radical (unpaired) electrons. The van der Waals surface area contributed by atoms with E-state index in [-0.39, 0.29) is 0 Å². The smallest absolute Gasteiger partial charge is 0.164 e. The quantitative estimate of drug-likeness (QED) is 0.145. The average Bonchev–Trinajstić information content (AvgIpc) is 3.35. The number of nitrogens with zero attached hydrogens (tertiary/aromatic N) is 6. The first-order chi connectivity index (χ1) is 29.7. The van der Waals surface area contributed by atoms with Gasteiger partial charge in [0.05, 0.1) is 0 Å². The standard InChI is InChI=1S/C54H36N6/c1-5-19-37(20-6-1)49-55-50(38-21-7-2-8-22-38)58-53(57-49)43-29-17-27-41(35-43)45-31-13-15-33-47(45)48-34-16-14-32-46(48)42-28-18-30-44(36-42)54-59-51(39-23-9-3-10-24-39)56-52(60-54)40-25-11-4-12-26-40/h1-36H. The molecule has 0 saturated carbocycles. The Hall–Kier alpha value is -8.22. The van der Waals surface area contributed by atoms with Crippen LogP contribution in [0.1, 0.15) is 0 Å². The van der Waals surface area contributed by atoms with Gasteiger partial charge in [-0.1, -0.05) is 206 Å². The SMILES string of the molecule is c1ccc(-c2nc(-c3ccccc3)nc(-c3cccc(-c4ccccc4-c4ccccc4-c4cccc(-c5nc(-c6ccccc6)nc(-c6ccccc6)n5)c4)c3)n2)cc1. The van der Waals surface area contributed by atoms with Crippen LogP contribution in [0.3, 0.4) is 0 Å². The molecular weight excluding hydrogens is 733 g/mol. The highest BCUT2D eigenvalue weighted by atomic mass is 15.0. The Balaban J connectivity index is 1.05. The van der Waals surface area contributed by atoms with E-state index in [1.54, 1.807) is 0 Å². The second kappa shape index (κ2) is 16.3. The molecule has 10 rings (SSSR count). The molecule has 2 heterocycles. The maximum Gasteiger partial charge on any atom is 0.164 e. The molecular formula is C54H36N6. The zero-order valence-electron chi connectivity index (χ0n) is 32.5. The number of hydrogen-bond donors (Lipinski definition) is 0. The van der Waals surface area contributed by atoms with Crippen molar-refractivity contribution in [3.63, 3.8) is 0 Å². The van der Waals surface area contributed by atoms with E-state index in [0.29, 0.717) is 34.9 Å². The lowest BCUT2D eigenvalue weighted by molar-refractivity contribution is 1.07. The van der Waals surface area contributed by atoms with E-state index in [4.69, 9.17) is 29.9 Å². The summed E-state index contributed by atoms with van der Waals surface area (Å²) in [4.78, 5) is 29.8. The molecule has 10 aromatic rings. The molecule has 0 aliphatic carbocycles. The first-order valence-corrected chi connectivity index (χ1v) is 19.9. The molecule has 0 bridgehead atoms. The first-order valence-electron chi connectivity index (χ1n) is 19.9. The lowest BCUT2D eigenvalue weighted by Crippen LogP contribution is -2.00. The fourth-order valence-electron chi connectivity index (χ4n) is 7.47. The van der Waals surface area contributed by atoms with Crippen LogP contribution in [0.25, 0.3) is 102 Å². The predicted octanol–water partition coefficient (Wildman–Crippen LogP) is 13.1. The lowest BCUT2D eigenvalue weighted by atomic mass is 9.88. The molecule has 0 fully saturated rings. The summed E-state index contributed by atoms with van der Waals surface area (Å²) in [7, 11) is 0. The predicted molar refractivity (Wildman–Crippen MR) is 242 cm³/mol. The molecule has 0 aliphatic heterocycles. The van der Waals surface area contributed by atoms with Gasteiger partial charge >= 0.3 is 0 Å². The van der Waals surface area contributed by atoms with Gasteiger partial charge in [0.25, 0.3) is 0 Å². The van der Waals surface area contributed by atoms with Gasteiger partial charge in [-0.3, -0.25) is 0 Å². The highest BCUT2D eigenvalue weighted by Crippen LogP contribution is 2.40. The fourth-order valence-corrected chi connectivity index (χ4v) is 7.47. The Morgan fingerprint density at radius 2 is 0.383 bits per heavy atom. The molecule has 0 saturated heterocycles. The summed E-state index contributed by atoms with van der Waals surface area (Å²) in [5.41, 5.74) is 12.1. The summed E-state index contributed by atoms with van der Waals surface area (Å²) in [6, 6.07) is 74.3. The Kier molecular flexibility index (Phi) is 9.84. The van der Waals surface area contributed by atoms with Crippen molar-refractivity contribution in [1.29, 1.82) is 0 Å². The molecule has 6 heteroatoms. The van der Waals surface area contributed by atoms with Crippen LogP contribution in [-0.2, 0) is 0 Å². The molecule has 0 aliphatic rings. The van der Waals surface area contributed by atoms with Crippen molar-refractivity contribution in [3.8, 4) is 102 Å². The molecule has 0 spiro atoms. The van der Waals surface area contributed by atoms with E-state index in [2.05, 4.69) is 97.1 Å². The van der Waals surface area contributed by atoms with Crippen LogP contribution < -0.4 is 0 Å². The minimum atomic E-state index is 0.614. The monoisotopic (exact) mass is 768 g/mol. The Morgan fingerprint density at radius 3 is 0.683 bits per heavy atom. The van der Waals surface area contributed by atoms with Crippen molar-refractivity contribution >= 4 is 0 Å². The summed E-state index contributed by atoms with van der Waals surface area (Å²) in [6.45, 7) is 0. The van der Waals surface area contributed by atoms with Gasteiger partial charge in [-0.2, -0.15) is 0 Å². The topological polar surface area (TPSA) is 77.3 Å². The largest absolute Gasteiger partial charge is 0.208 e. The first kappa shape index (κ1) is 36.1. The maximum atomic E-state index is 5.01. The van der Waals surface area contributed by atoms with Gasteiger partial charge in [0.15, 0.2) is 34.9 Å². The Bertz CT molecular complexity index is 2750. The zero-order chi connectivity index (χ0) is 40.1. The summed E-state index contributed by atoms with van der Waals surface area (Å²) < 4.78 is 0. The minimum absolute atomic E-state index is 0.614. The second-order valence-corrected chi connectivity index (χ2v) is 14.3. The zero-order valence-corrected chi connectivity index (χ0v) is 32.5. The summed E-state index contributed by atoms with van der Waals surface area (Å²) in [5.74, 6) is 3.75. The van der Waals surface area contributed by atoms with Gasteiger partial charge in [-0.25, -0.2) is 29.9 Å². The number of hydrogen-bond acceptors (Lipinski definition) is 6. The van der Waals surface area contributed by atoms with E-state index in [0.717, 1.165) is 66.8 Å². The molecule has 60 heavy (non-hydrogen) atoms. The van der Waals surface area contributed by atoms with Crippen LogP contribution in [0.4, 0.5) is 0 Å². The van der Waals surface area contributed by atoms with Gasteiger partial charge in [-0.15, -0.1) is 0 Å². The van der Waals surface area contributed by atoms with Gasteiger partial charge in [0.1, 0.15) is 0 Å². The Labute approximate surface area is 348 Å². The maximum absolute atomic E-state index is 5.01. The normalized spacial score (nSPS) is 11.0. The van der Waals surface area contributed by atoms with Gasteiger partial charge < -0.3 is 0 Å². The highest BCUT2D eigenvalue weighted by molar-refractivity contribution is 5.93. The third-order valence-electron chi connectivity index (χ3n) is 10.4. The van der Waals surface area contributed by atoms with E-state index in [9.17, 15) is 0 Å². The molecule has 0 N–H and O–H groups in total. The van der Waals surface area contributed by atoms with Crippen LogP contribution in [0.5, 0.6) is 0 Å². The van der Waals surface area contributed by atoms with Crippen molar-refractivity contribution in [1.82, 2.24) is 29.9 Å². The molecule has 2 aromatic heterocycles. The molecule has 0 unspecified atom stereocenters. The number of rotatable bonds is 9. The second-order valence-electron chi connectivity index (χ2n) is 14.3. The average molecular weight is 769 g/mol. The summed E-state index contributed by atoms with van der Waals surface area (Å²) in [5, 5.41) is 0. The van der Waals surface area contributed by atoms with Gasteiger partial charge in [0, 0.05) is 33.4 Å². The van der Waals surface area contributed by atoms with Crippen molar-refractivity contribution in [2.24, 2.45) is 0 Å². The van der Waals surface area contributed by atoms with E-state index in [1.807, 2.05) is 121 Å². The van der Waals surface area contributed by atoms with Crippen molar-refractivity contribution in [3.05, 3.63) is 218 Å². The van der Waals surface area contributed by atoms with Crippen LogP contribution in [-0.4, -0.2) is 29.9 Å². The van der Waals surface area contributed by atoms with E-state index in [1.165, 1.54) is 0 Å². The van der Waals surface area contributed by atoms with E-state index >= 15 is 0 Å². The molecule has 0 atom stereocenters. The van der Waals surface area contributed by atoms with Gasteiger partial charge in [-0.05, 0) is 45.5 Å². The molecule has 6 nitrogen and oxygen atoms in total. The summed E-state index contributed by atoms with van der Waals surface area (Å²) >= 11 is 0. The number of benzene rings is 8. The van der Waals surface area contributed by atoms with Crippen LogP contribution in [0.15, 0.2) is 218 Å². The Morgan fingerprint density at radius 1 is 0.167 bits per heavy atom. The third kappa shape index (κ3) is 7.49. The highest BCUT2D eigenvalue weighted by Gasteiger charge is 2.17. The van der Waals surface area contributed by atoms with Crippen molar-refractivity contribution in [2.45, 2.75) is 0 Å². The number of aromatic nitrogens is 6. The van der Waals surface area contributed by atoms with Crippen molar-refractivity contribution in [2.75, 3.05) is 0 Å². The third-order valence-corrected chi connectivity index (χ3v) is 10.4. The minimum Gasteiger partial charge on any atom is -0.208 e. The molecule has 8 aromatic carbocycles. The van der Waals surface area contributed by atoms with Crippen LogP contribution in [0, 0.1) is 0 Å². The molecule has 0 amide bonds. The lowest BCUT2D eigenvalue weighted by Gasteiger charge is -2.16. The van der Waals surface area contributed by atoms with Crippen LogP contribution in [0.2, 0.25) is 0 Å². The van der Waals surface area contributed by atoms with Gasteiger partial charge in [0.2, 0.25) is 0 Å². The fraction of sp³-hybridized carbons (Fsp3) is 0. The van der Waals surface area contributed by atoms with Crippen molar-refractivity contribution < 1.29 is 0 Å². The van der Waals surface area contributed by atoms with Crippen LogP contribution >= 0.6 is 0 Å². The van der Waals surface area contributed by atoms with E-state index < -0.39 is 0 Å². The summed E-state index contributed by atoms with van der Waals surface area (Å²) in [6.07, 6.45) is 0.